The third kappa shape index (κ3) is 6.26. The average Bonchev–Trinajstić information content (AvgIpc) is 3.58. The van der Waals surface area contributed by atoms with Crippen LogP contribution in [0.15, 0.2) is 47.4 Å². The first kappa shape index (κ1) is 27.2. The van der Waals surface area contributed by atoms with Crippen LogP contribution in [0.4, 0.5) is 26.3 Å². The second kappa shape index (κ2) is 9.96. The maximum Gasteiger partial charge on any atom is 0.416 e. The SMILES string of the molecule is O=C(NCc1cc(C(F)(F)F)cc(C(F)(F)F)c1)C1(CC2CC2)CCN(Cc2ccc3ncc(=O)[nH]c3c2)C1. The first-order valence-corrected chi connectivity index (χ1v) is 12.6. The molecule has 1 unspecified atom stereocenters. The third-order valence-corrected chi connectivity index (χ3v) is 7.44. The van der Waals surface area contributed by atoms with E-state index < -0.39 is 35.4 Å². The molecule has 1 aliphatic carbocycles. The maximum atomic E-state index is 13.4. The number of aromatic amines is 1. The van der Waals surface area contributed by atoms with Crippen LogP contribution in [-0.2, 0) is 30.2 Å². The third-order valence-electron chi connectivity index (χ3n) is 7.44. The minimum absolute atomic E-state index is 0.0766. The summed E-state index contributed by atoms with van der Waals surface area (Å²) in [6.45, 7) is 1.08. The number of carbonyl (C=O) groups is 1. The number of likely N-dealkylation sites (tertiary alicyclic amines) is 1. The van der Waals surface area contributed by atoms with Crippen molar-refractivity contribution in [2.45, 2.75) is 51.1 Å². The fraction of sp³-hybridized carbons (Fsp3) is 0.444. The van der Waals surface area contributed by atoms with Gasteiger partial charge in [-0.25, -0.2) is 4.98 Å². The Kier molecular flexibility index (Phi) is 6.94. The summed E-state index contributed by atoms with van der Waals surface area (Å²) in [5.41, 5.74) is -2.03. The number of nitrogens with zero attached hydrogens (tertiary/aromatic N) is 2. The van der Waals surface area contributed by atoms with Crippen LogP contribution in [0.1, 0.15) is 47.9 Å². The Morgan fingerprint density at radius 2 is 1.72 bits per heavy atom. The Bertz CT molecular complexity index is 1410. The van der Waals surface area contributed by atoms with Crippen LogP contribution in [0.2, 0.25) is 0 Å². The summed E-state index contributed by atoms with van der Waals surface area (Å²) in [5, 5.41) is 2.64. The minimum atomic E-state index is -4.95. The van der Waals surface area contributed by atoms with E-state index in [0.717, 1.165) is 18.4 Å². The standard InChI is InChI=1S/C27H26F6N4O2/c28-26(29,30)19-7-18(8-20(10-19)27(31,32)33)12-35-24(39)25(11-16-1-2-16)5-6-37(15-25)14-17-3-4-21-22(9-17)36-23(38)13-34-21/h3-4,7-10,13,16H,1-2,5-6,11-12,14-15H2,(H,35,39)(H,36,38). The van der Waals surface area contributed by atoms with Crippen molar-refractivity contribution in [3.63, 3.8) is 0 Å². The van der Waals surface area contributed by atoms with Gasteiger partial charge in [0.25, 0.3) is 5.56 Å². The monoisotopic (exact) mass is 552 g/mol. The molecule has 5 rings (SSSR count). The number of amides is 1. The summed E-state index contributed by atoms with van der Waals surface area (Å²) in [7, 11) is 0. The van der Waals surface area contributed by atoms with Crippen LogP contribution in [0.25, 0.3) is 11.0 Å². The van der Waals surface area contributed by atoms with Gasteiger partial charge in [-0.15, -0.1) is 0 Å². The quantitative estimate of drug-likeness (QED) is 0.392. The number of hydrogen-bond acceptors (Lipinski definition) is 4. The van der Waals surface area contributed by atoms with Gasteiger partial charge in [0.2, 0.25) is 5.91 Å². The Morgan fingerprint density at radius 1 is 1.03 bits per heavy atom. The average molecular weight is 553 g/mol. The number of aromatic nitrogens is 2. The largest absolute Gasteiger partial charge is 0.416 e. The fourth-order valence-electron chi connectivity index (χ4n) is 5.35. The van der Waals surface area contributed by atoms with Crippen molar-refractivity contribution < 1.29 is 31.1 Å². The van der Waals surface area contributed by atoms with Gasteiger partial charge < -0.3 is 10.3 Å². The van der Waals surface area contributed by atoms with Crippen molar-refractivity contribution in [3.05, 3.63) is 75.2 Å². The molecule has 6 nitrogen and oxygen atoms in total. The maximum absolute atomic E-state index is 13.4. The highest BCUT2D eigenvalue weighted by Crippen LogP contribution is 2.45. The van der Waals surface area contributed by atoms with E-state index in [0.29, 0.717) is 61.6 Å². The van der Waals surface area contributed by atoms with E-state index >= 15 is 0 Å². The van der Waals surface area contributed by atoms with Crippen molar-refractivity contribution in [2.24, 2.45) is 11.3 Å². The van der Waals surface area contributed by atoms with Crippen molar-refractivity contribution in [1.29, 1.82) is 0 Å². The summed E-state index contributed by atoms with van der Waals surface area (Å²) in [6, 6.07) is 6.88. The predicted octanol–water partition coefficient (Wildman–Crippen LogP) is 5.27. The molecule has 0 spiro atoms. The first-order chi connectivity index (χ1) is 18.3. The van der Waals surface area contributed by atoms with Crippen LogP contribution >= 0.6 is 0 Å². The summed E-state index contributed by atoms with van der Waals surface area (Å²) in [6.07, 6.45) is -5.59. The van der Waals surface area contributed by atoms with Gasteiger partial charge in [-0.3, -0.25) is 14.5 Å². The molecule has 2 fully saturated rings. The molecule has 0 radical (unpaired) electrons. The van der Waals surface area contributed by atoms with Crippen molar-refractivity contribution in [1.82, 2.24) is 20.2 Å². The molecule has 1 saturated heterocycles. The molecular formula is C27H26F6N4O2. The number of H-pyrrole nitrogens is 1. The first-order valence-electron chi connectivity index (χ1n) is 12.6. The Balaban J connectivity index is 1.31. The molecule has 2 aliphatic rings. The van der Waals surface area contributed by atoms with Gasteiger partial charge in [-0.1, -0.05) is 18.9 Å². The van der Waals surface area contributed by atoms with Gasteiger partial charge in [0, 0.05) is 19.6 Å². The number of fused-ring (bicyclic) bond motifs is 1. The van der Waals surface area contributed by atoms with Crippen molar-refractivity contribution in [2.75, 3.05) is 13.1 Å². The van der Waals surface area contributed by atoms with E-state index in [1.54, 1.807) is 6.07 Å². The second-order valence-corrected chi connectivity index (χ2v) is 10.6. The zero-order valence-corrected chi connectivity index (χ0v) is 20.8. The lowest BCUT2D eigenvalue weighted by Gasteiger charge is -2.29. The number of rotatable bonds is 7. The predicted molar refractivity (Wildman–Crippen MR) is 130 cm³/mol. The molecule has 2 heterocycles. The molecule has 12 heteroatoms. The van der Waals surface area contributed by atoms with Gasteiger partial charge in [-0.2, -0.15) is 26.3 Å². The summed E-state index contributed by atoms with van der Waals surface area (Å²) >= 11 is 0. The highest BCUT2D eigenvalue weighted by molar-refractivity contribution is 5.83. The molecule has 208 valence electrons. The molecule has 3 aromatic rings. The zero-order valence-electron chi connectivity index (χ0n) is 20.8. The fourth-order valence-corrected chi connectivity index (χ4v) is 5.35. The van der Waals surface area contributed by atoms with E-state index in [-0.39, 0.29) is 23.1 Å². The van der Waals surface area contributed by atoms with Gasteiger partial charge >= 0.3 is 12.4 Å². The Hall–Kier alpha value is -3.41. The van der Waals surface area contributed by atoms with Crippen LogP contribution in [-0.4, -0.2) is 33.9 Å². The smallest absolute Gasteiger partial charge is 0.352 e. The number of alkyl halides is 6. The van der Waals surface area contributed by atoms with Gasteiger partial charge in [-0.05, 0) is 66.8 Å². The minimum Gasteiger partial charge on any atom is -0.352 e. The molecular weight excluding hydrogens is 526 g/mol. The molecule has 2 N–H and O–H groups in total. The van der Waals surface area contributed by atoms with Crippen LogP contribution in [0.3, 0.4) is 0 Å². The molecule has 1 amide bonds. The molecule has 39 heavy (non-hydrogen) atoms. The molecule has 1 atom stereocenters. The van der Waals surface area contributed by atoms with E-state index in [1.165, 1.54) is 6.20 Å². The van der Waals surface area contributed by atoms with Crippen molar-refractivity contribution >= 4 is 16.9 Å². The second-order valence-electron chi connectivity index (χ2n) is 10.6. The number of halogens is 6. The van der Waals surface area contributed by atoms with Crippen molar-refractivity contribution in [3.8, 4) is 0 Å². The van der Waals surface area contributed by atoms with Crippen LogP contribution in [0.5, 0.6) is 0 Å². The van der Waals surface area contributed by atoms with Gasteiger partial charge in [0.05, 0.1) is 33.8 Å². The summed E-state index contributed by atoms with van der Waals surface area (Å²) < 4.78 is 79.4. The summed E-state index contributed by atoms with van der Waals surface area (Å²) in [5.74, 6) is 0.00724. The van der Waals surface area contributed by atoms with Crippen LogP contribution < -0.4 is 10.9 Å². The van der Waals surface area contributed by atoms with E-state index in [9.17, 15) is 35.9 Å². The molecule has 2 aromatic carbocycles. The Labute approximate surface area is 219 Å². The molecule has 1 aliphatic heterocycles. The normalized spacial score (nSPS) is 20.5. The summed E-state index contributed by atoms with van der Waals surface area (Å²) in [4.78, 5) is 34.0. The van der Waals surface area contributed by atoms with E-state index in [1.807, 2.05) is 12.1 Å². The lowest BCUT2D eigenvalue weighted by atomic mass is 9.80. The number of hydrogen-bond donors (Lipinski definition) is 2. The lowest BCUT2D eigenvalue weighted by molar-refractivity contribution is -0.143. The molecule has 0 bridgehead atoms. The van der Waals surface area contributed by atoms with E-state index in [2.05, 4.69) is 20.2 Å². The highest BCUT2D eigenvalue weighted by atomic mass is 19.4. The Morgan fingerprint density at radius 3 is 2.36 bits per heavy atom. The van der Waals surface area contributed by atoms with E-state index in [4.69, 9.17) is 0 Å². The number of carbonyl (C=O) groups excluding carboxylic acids is 1. The molecule has 1 aromatic heterocycles. The number of nitrogens with one attached hydrogen (secondary N) is 2. The lowest BCUT2D eigenvalue weighted by Crippen LogP contribution is -2.43. The zero-order chi connectivity index (χ0) is 28.0. The number of benzene rings is 2. The van der Waals surface area contributed by atoms with Crippen LogP contribution in [0, 0.1) is 11.3 Å². The van der Waals surface area contributed by atoms with Gasteiger partial charge in [0.15, 0.2) is 0 Å². The topological polar surface area (TPSA) is 78.1 Å². The molecule has 1 saturated carbocycles. The van der Waals surface area contributed by atoms with Gasteiger partial charge in [0.1, 0.15) is 0 Å². The highest BCUT2D eigenvalue weighted by Gasteiger charge is 2.47.